The van der Waals surface area contributed by atoms with Crippen molar-refractivity contribution in [1.82, 2.24) is 0 Å². The number of ether oxygens (including phenoxy) is 1. The molecule has 2 nitrogen and oxygen atoms in total. The van der Waals surface area contributed by atoms with Gasteiger partial charge >= 0.3 is 6.18 Å². The summed E-state index contributed by atoms with van der Waals surface area (Å²) in [6.45, 7) is 5.10. The smallest absolute Gasteiger partial charge is 0.379 e. The van der Waals surface area contributed by atoms with Crippen molar-refractivity contribution in [3.8, 4) is 0 Å². The highest BCUT2D eigenvalue weighted by molar-refractivity contribution is 4.97. The van der Waals surface area contributed by atoms with Gasteiger partial charge in [0.2, 0.25) is 0 Å². The number of aliphatic hydroxyl groups is 1. The van der Waals surface area contributed by atoms with E-state index < -0.39 is 18.4 Å². The molecule has 2 rings (SSSR count). The van der Waals surface area contributed by atoms with Gasteiger partial charge in [-0.1, -0.05) is 26.7 Å². The zero-order chi connectivity index (χ0) is 16.5. The number of unbranched alkanes of at least 4 members (excludes halogenated alkanes) is 1. The highest BCUT2D eigenvalue weighted by Gasteiger charge is 2.50. The molecule has 1 N–H and O–H groups in total. The topological polar surface area (TPSA) is 29.5 Å². The van der Waals surface area contributed by atoms with Gasteiger partial charge in [-0.25, -0.2) is 0 Å². The van der Waals surface area contributed by atoms with Crippen LogP contribution in [-0.2, 0) is 4.74 Å². The zero-order valence-electron chi connectivity index (χ0n) is 13.8. The summed E-state index contributed by atoms with van der Waals surface area (Å²) in [7, 11) is 0. The largest absolute Gasteiger partial charge is 0.419 e. The van der Waals surface area contributed by atoms with Crippen molar-refractivity contribution >= 4 is 0 Å². The highest BCUT2D eigenvalue weighted by atomic mass is 19.4. The summed E-state index contributed by atoms with van der Waals surface area (Å²) in [5, 5.41) is 9.26. The van der Waals surface area contributed by atoms with E-state index >= 15 is 0 Å². The standard InChI is InChI=1S/C17H29F3O2/c1-11-12(2)15-9-14(11)8-13(15)6-4-5-7-22-10-16(3,21)17(18,19)20/h11-15,21H,4-10H2,1-3H3. The molecule has 2 fully saturated rings. The summed E-state index contributed by atoms with van der Waals surface area (Å²) in [5.41, 5.74) is -2.75. The number of hydrogen-bond acceptors (Lipinski definition) is 2. The van der Waals surface area contributed by atoms with E-state index in [1.165, 1.54) is 12.8 Å². The van der Waals surface area contributed by atoms with Gasteiger partial charge in [0.1, 0.15) is 0 Å². The van der Waals surface area contributed by atoms with Crippen LogP contribution in [0.25, 0.3) is 0 Å². The van der Waals surface area contributed by atoms with Gasteiger partial charge in [-0.2, -0.15) is 13.2 Å². The van der Waals surface area contributed by atoms with E-state index in [9.17, 15) is 18.3 Å². The van der Waals surface area contributed by atoms with Gasteiger partial charge in [0, 0.05) is 6.61 Å². The van der Waals surface area contributed by atoms with Crippen LogP contribution >= 0.6 is 0 Å². The molecule has 0 amide bonds. The molecule has 0 aromatic carbocycles. The fourth-order valence-corrected chi connectivity index (χ4v) is 4.39. The quantitative estimate of drug-likeness (QED) is 0.703. The summed E-state index contributed by atoms with van der Waals surface area (Å²) < 4.78 is 42.3. The maximum Gasteiger partial charge on any atom is 0.419 e. The molecule has 2 aliphatic rings. The Morgan fingerprint density at radius 2 is 1.77 bits per heavy atom. The van der Waals surface area contributed by atoms with Crippen molar-refractivity contribution in [3.05, 3.63) is 0 Å². The molecule has 0 saturated heterocycles. The third-order valence-electron chi connectivity index (χ3n) is 6.14. The van der Waals surface area contributed by atoms with Crippen LogP contribution in [0.2, 0.25) is 0 Å². The molecule has 2 bridgehead atoms. The van der Waals surface area contributed by atoms with Crippen LogP contribution in [0, 0.1) is 29.6 Å². The molecule has 0 aromatic rings. The Labute approximate surface area is 131 Å². The second-order valence-electron chi connectivity index (χ2n) is 7.69. The maximum absolute atomic E-state index is 12.4. The molecule has 0 radical (unpaired) electrons. The minimum atomic E-state index is -4.64. The molecule has 6 atom stereocenters. The van der Waals surface area contributed by atoms with Crippen LogP contribution < -0.4 is 0 Å². The lowest BCUT2D eigenvalue weighted by molar-refractivity contribution is -0.267. The average molecular weight is 322 g/mol. The molecular formula is C17H29F3O2. The average Bonchev–Trinajstić information content (AvgIpc) is 2.93. The van der Waals surface area contributed by atoms with Crippen LogP contribution in [0.3, 0.4) is 0 Å². The van der Waals surface area contributed by atoms with Gasteiger partial charge in [0.25, 0.3) is 0 Å². The van der Waals surface area contributed by atoms with Crippen LogP contribution in [-0.4, -0.2) is 30.1 Å². The normalized spacial score (nSPS) is 37.5. The van der Waals surface area contributed by atoms with Crippen molar-refractivity contribution in [2.24, 2.45) is 29.6 Å². The molecule has 5 heteroatoms. The second-order valence-corrected chi connectivity index (χ2v) is 7.69. The predicted molar refractivity (Wildman–Crippen MR) is 79.4 cm³/mol. The Balaban J connectivity index is 1.58. The molecule has 0 spiro atoms. The first-order valence-electron chi connectivity index (χ1n) is 8.50. The van der Waals surface area contributed by atoms with E-state index in [1.54, 1.807) is 0 Å². The SMILES string of the molecule is CC1C2CC(CCCCOCC(C)(O)C(F)(F)F)C(C2)C1C. The first kappa shape index (κ1) is 18.1. The van der Waals surface area contributed by atoms with Gasteiger partial charge < -0.3 is 9.84 Å². The molecule has 2 saturated carbocycles. The third kappa shape index (κ3) is 3.78. The highest BCUT2D eigenvalue weighted by Crippen LogP contribution is 2.56. The second kappa shape index (κ2) is 6.68. The Bertz CT molecular complexity index is 365. The van der Waals surface area contributed by atoms with E-state index in [-0.39, 0.29) is 0 Å². The maximum atomic E-state index is 12.4. The van der Waals surface area contributed by atoms with E-state index in [1.807, 2.05) is 0 Å². The molecule has 6 unspecified atom stereocenters. The first-order chi connectivity index (χ1) is 10.1. The number of hydrogen-bond donors (Lipinski definition) is 1. The Hall–Kier alpha value is -0.290. The summed E-state index contributed by atoms with van der Waals surface area (Å²) in [4.78, 5) is 0. The van der Waals surface area contributed by atoms with Gasteiger partial charge in [-0.15, -0.1) is 0 Å². The number of alkyl halides is 3. The van der Waals surface area contributed by atoms with Crippen molar-refractivity contribution in [2.75, 3.05) is 13.2 Å². The summed E-state index contributed by atoms with van der Waals surface area (Å²) in [5.74, 6) is 4.22. The molecule has 0 aromatic heterocycles. The van der Waals surface area contributed by atoms with E-state index in [2.05, 4.69) is 13.8 Å². The van der Waals surface area contributed by atoms with E-state index in [0.29, 0.717) is 6.61 Å². The zero-order valence-corrected chi connectivity index (χ0v) is 13.8. The van der Waals surface area contributed by atoms with Crippen molar-refractivity contribution in [1.29, 1.82) is 0 Å². The van der Waals surface area contributed by atoms with Gasteiger partial charge in [-0.05, 0) is 55.8 Å². The van der Waals surface area contributed by atoms with Crippen LogP contribution in [0.15, 0.2) is 0 Å². The number of rotatable bonds is 7. The summed E-state index contributed by atoms with van der Waals surface area (Å²) >= 11 is 0. The Morgan fingerprint density at radius 1 is 1.09 bits per heavy atom. The fourth-order valence-electron chi connectivity index (χ4n) is 4.39. The molecule has 22 heavy (non-hydrogen) atoms. The van der Waals surface area contributed by atoms with Crippen LogP contribution in [0.1, 0.15) is 52.9 Å². The minimum Gasteiger partial charge on any atom is -0.379 e. The lowest BCUT2D eigenvalue weighted by Crippen LogP contribution is -2.46. The molecule has 0 aliphatic heterocycles. The lowest BCUT2D eigenvalue weighted by Gasteiger charge is -2.31. The van der Waals surface area contributed by atoms with E-state index in [4.69, 9.17) is 4.74 Å². The third-order valence-corrected chi connectivity index (χ3v) is 6.14. The van der Waals surface area contributed by atoms with Crippen LogP contribution in [0.4, 0.5) is 13.2 Å². The first-order valence-corrected chi connectivity index (χ1v) is 8.50. The predicted octanol–water partition coefficient (Wildman–Crippen LogP) is 4.41. The van der Waals surface area contributed by atoms with Gasteiger partial charge in [-0.3, -0.25) is 0 Å². The molecule has 130 valence electrons. The van der Waals surface area contributed by atoms with Gasteiger partial charge in [0.15, 0.2) is 5.60 Å². The summed E-state index contributed by atoms with van der Waals surface area (Å²) in [6, 6.07) is 0. The number of halogens is 3. The van der Waals surface area contributed by atoms with Crippen molar-refractivity contribution in [2.45, 2.75) is 64.7 Å². The molecule has 2 aliphatic carbocycles. The Morgan fingerprint density at radius 3 is 2.32 bits per heavy atom. The Kier molecular flexibility index (Phi) is 5.48. The summed E-state index contributed by atoms with van der Waals surface area (Å²) in [6.07, 6.45) is 1.01. The van der Waals surface area contributed by atoms with E-state index in [0.717, 1.165) is 55.8 Å². The fraction of sp³-hybridized carbons (Fsp3) is 1.00. The minimum absolute atomic E-state index is 0.291. The molecular weight excluding hydrogens is 293 g/mol. The monoisotopic (exact) mass is 322 g/mol. The van der Waals surface area contributed by atoms with Crippen molar-refractivity contribution in [3.63, 3.8) is 0 Å². The van der Waals surface area contributed by atoms with Gasteiger partial charge in [0.05, 0.1) is 6.61 Å². The van der Waals surface area contributed by atoms with Crippen molar-refractivity contribution < 1.29 is 23.0 Å². The molecule has 0 heterocycles. The number of fused-ring (bicyclic) bond motifs is 2. The van der Waals surface area contributed by atoms with Crippen LogP contribution in [0.5, 0.6) is 0 Å². The lowest BCUT2D eigenvalue weighted by atomic mass is 9.74.